The molecular weight excluding hydrogens is 242 g/mol. The van der Waals surface area contributed by atoms with E-state index in [1.807, 2.05) is 0 Å². The van der Waals surface area contributed by atoms with Crippen molar-refractivity contribution in [2.45, 2.75) is 56.6 Å². The minimum atomic E-state index is 0.00641. The van der Waals surface area contributed by atoms with Gasteiger partial charge in [0.05, 0.1) is 6.61 Å². The van der Waals surface area contributed by atoms with E-state index in [1.165, 1.54) is 45.1 Å². The summed E-state index contributed by atoms with van der Waals surface area (Å²) in [5.41, 5.74) is 0. The fourth-order valence-corrected chi connectivity index (χ4v) is 3.34. The van der Waals surface area contributed by atoms with Crippen molar-refractivity contribution in [3.63, 3.8) is 0 Å². The molecule has 0 aromatic carbocycles. The number of rotatable bonds is 2. The van der Waals surface area contributed by atoms with Crippen molar-refractivity contribution in [1.82, 2.24) is 15.0 Å². The van der Waals surface area contributed by atoms with Gasteiger partial charge in [0.2, 0.25) is 11.7 Å². The van der Waals surface area contributed by atoms with Crippen LogP contribution in [-0.2, 0) is 4.74 Å². The predicted octanol–water partition coefficient (Wildman–Crippen LogP) is 2.26. The lowest BCUT2D eigenvalue weighted by Gasteiger charge is -2.41. The Morgan fingerprint density at radius 2 is 2.05 bits per heavy atom. The van der Waals surface area contributed by atoms with Crippen molar-refractivity contribution in [1.29, 1.82) is 0 Å². The Morgan fingerprint density at radius 3 is 2.89 bits per heavy atom. The van der Waals surface area contributed by atoms with E-state index in [-0.39, 0.29) is 6.10 Å². The highest BCUT2D eigenvalue weighted by atomic mass is 16.5. The molecule has 2 saturated heterocycles. The monoisotopic (exact) mass is 263 g/mol. The number of hydrogen-bond donors (Lipinski definition) is 0. The zero-order chi connectivity index (χ0) is 12.7. The van der Waals surface area contributed by atoms with Crippen molar-refractivity contribution < 1.29 is 9.26 Å². The van der Waals surface area contributed by atoms with Crippen LogP contribution in [0.2, 0.25) is 0 Å². The smallest absolute Gasteiger partial charge is 0.229 e. The molecule has 5 heteroatoms. The third-order valence-corrected chi connectivity index (χ3v) is 4.84. The van der Waals surface area contributed by atoms with Crippen LogP contribution >= 0.6 is 0 Å². The molecule has 3 heterocycles. The van der Waals surface area contributed by atoms with Crippen LogP contribution in [0, 0.1) is 0 Å². The second-order valence-corrected chi connectivity index (χ2v) is 6.09. The number of fused-ring (bicyclic) bond motifs is 1. The lowest BCUT2D eigenvalue weighted by Crippen LogP contribution is -2.49. The molecule has 3 aliphatic rings. The third-order valence-electron chi connectivity index (χ3n) is 4.84. The van der Waals surface area contributed by atoms with Crippen molar-refractivity contribution >= 4 is 0 Å². The van der Waals surface area contributed by atoms with Gasteiger partial charge in [-0.25, -0.2) is 0 Å². The lowest BCUT2D eigenvalue weighted by atomic mass is 9.85. The molecule has 2 atom stereocenters. The van der Waals surface area contributed by atoms with Gasteiger partial charge >= 0.3 is 0 Å². The summed E-state index contributed by atoms with van der Waals surface area (Å²) in [5.74, 6) is 2.09. The van der Waals surface area contributed by atoms with Crippen LogP contribution in [0.4, 0.5) is 0 Å². The van der Waals surface area contributed by atoms with Gasteiger partial charge in [-0.3, -0.25) is 4.90 Å². The molecule has 1 aromatic rings. The minimum Gasteiger partial charge on any atom is -0.367 e. The van der Waals surface area contributed by atoms with E-state index in [4.69, 9.17) is 9.26 Å². The fraction of sp³-hybridized carbons (Fsp3) is 0.857. The van der Waals surface area contributed by atoms with Crippen LogP contribution in [0.3, 0.4) is 0 Å². The van der Waals surface area contributed by atoms with Crippen molar-refractivity contribution in [2.24, 2.45) is 0 Å². The third kappa shape index (κ3) is 2.19. The van der Waals surface area contributed by atoms with Crippen LogP contribution in [-0.4, -0.2) is 40.8 Å². The maximum absolute atomic E-state index is 5.95. The quantitative estimate of drug-likeness (QED) is 0.819. The first kappa shape index (κ1) is 11.9. The number of piperidine rings is 1. The summed E-state index contributed by atoms with van der Waals surface area (Å²) in [7, 11) is 0. The van der Waals surface area contributed by atoms with E-state index < -0.39 is 0 Å². The minimum absolute atomic E-state index is 0.00641. The van der Waals surface area contributed by atoms with Gasteiger partial charge in [-0.2, -0.15) is 4.98 Å². The molecule has 1 aliphatic carbocycles. The Balaban J connectivity index is 1.45. The first-order valence-corrected chi connectivity index (χ1v) is 7.59. The standard InChI is InChI=1S/C14H21N3O2/c1-2-7-17-8-12(18-9-11(17)6-1)13-15-14(19-16-13)10-4-3-5-10/h10-12H,1-9H2/t11-,12-/m1/s1. The summed E-state index contributed by atoms with van der Waals surface area (Å²) in [6.07, 6.45) is 7.60. The normalized spacial score (nSPS) is 32.8. The SMILES string of the molecule is C1CC(c2nc([C@H]3CN4CCCC[C@@H]4CO3)no2)C1. The summed E-state index contributed by atoms with van der Waals surface area (Å²) in [4.78, 5) is 7.10. The van der Waals surface area contributed by atoms with Gasteiger partial charge in [0, 0.05) is 18.5 Å². The van der Waals surface area contributed by atoms with Gasteiger partial charge in [0.15, 0.2) is 0 Å². The second-order valence-electron chi connectivity index (χ2n) is 6.09. The Bertz CT molecular complexity index is 444. The van der Waals surface area contributed by atoms with Gasteiger partial charge in [0.1, 0.15) is 6.10 Å². The van der Waals surface area contributed by atoms with E-state index in [2.05, 4.69) is 15.0 Å². The summed E-state index contributed by atoms with van der Waals surface area (Å²) in [5, 5.41) is 4.14. The molecule has 5 nitrogen and oxygen atoms in total. The molecule has 0 N–H and O–H groups in total. The Labute approximate surface area is 113 Å². The van der Waals surface area contributed by atoms with Crippen molar-refractivity contribution in [3.05, 3.63) is 11.7 Å². The van der Waals surface area contributed by atoms with E-state index in [0.717, 1.165) is 24.9 Å². The molecule has 1 saturated carbocycles. The molecule has 19 heavy (non-hydrogen) atoms. The zero-order valence-corrected chi connectivity index (χ0v) is 11.3. The maximum Gasteiger partial charge on any atom is 0.229 e. The van der Waals surface area contributed by atoms with Gasteiger partial charge in [-0.05, 0) is 32.2 Å². The van der Waals surface area contributed by atoms with Gasteiger partial charge in [-0.15, -0.1) is 0 Å². The number of hydrogen-bond acceptors (Lipinski definition) is 5. The largest absolute Gasteiger partial charge is 0.367 e. The zero-order valence-electron chi connectivity index (χ0n) is 11.3. The summed E-state index contributed by atoms with van der Waals surface area (Å²) in [6.45, 7) is 2.93. The second kappa shape index (κ2) is 4.87. The summed E-state index contributed by atoms with van der Waals surface area (Å²) < 4.78 is 11.3. The highest BCUT2D eigenvalue weighted by Gasteiger charge is 2.34. The van der Waals surface area contributed by atoms with E-state index >= 15 is 0 Å². The molecule has 0 unspecified atom stereocenters. The lowest BCUT2D eigenvalue weighted by molar-refractivity contribution is -0.0805. The Kier molecular flexibility index (Phi) is 3.04. The maximum atomic E-state index is 5.95. The van der Waals surface area contributed by atoms with E-state index in [1.54, 1.807) is 0 Å². The Morgan fingerprint density at radius 1 is 1.11 bits per heavy atom. The Hall–Kier alpha value is -0.940. The topological polar surface area (TPSA) is 51.4 Å². The highest BCUT2D eigenvalue weighted by Crippen LogP contribution is 2.36. The average molecular weight is 263 g/mol. The van der Waals surface area contributed by atoms with Gasteiger partial charge < -0.3 is 9.26 Å². The molecular formula is C14H21N3O2. The van der Waals surface area contributed by atoms with Crippen LogP contribution in [0.15, 0.2) is 4.52 Å². The van der Waals surface area contributed by atoms with Crippen LogP contribution < -0.4 is 0 Å². The highest BCUT2D eigenvalue weighted by molar-refractivity contribution is 5.01. The summed E-state index contributed by atoms with van der Waals surface area (Å²) in [6, 6.07) is 0.614. The molecule has 0 radical (unpaired) electrons. The van der Waals surface area contributed by atoms with Crippen LogP contribution in [0.1, 0.15) is 62.3 Å². The molecule has 104 valence electrons. The van der Waals surface area contributed by atoms with E-state index in [9.17, 15) is 0 Å². The molecule has 3 fully saturated rings. The number of aromatic nitrogens is 2. The average Bonchev–Trinajstić information content (AvgIpc) is 2.85. The number of morpholine rings is 1. The molecule has 0 amide bonds. The molecule has 0 spiro atoms. The van der Waals surface area contributed by atoms with E-state index in [0.29, 0.717) is 12.0 Å². The van der Waals surface area contributed by atoms with Crippen molar-refractivity contribution in [3.8, 4) is 0 Å². The van der Waals surface area contributed by atoms with Crippen LogP contribution in [0.5, 0.6) is 0 Å². The van der Waals surface area contributed by atoms with Crippen LogP contribution in [0.25, 0.3) is 0 Å². The predicted molar refractivity (Wildman–Crippen MR) is 68.8 cm³/mol. The fourth-order valence-electron chi connectivity index (χ4n) is 3.34. The summed E-state index contributed by atoms with van der Waals surface area (Å²) >= 11 is 0. The molecule has 2 aliphatic heterocycles. The van der Waals surface area contributed by atoms with Gasteiger partial charge in [-0.1, -0.05) is 18.0 Å². The first-order valence-electron chi connectivity index (χ1n) is 7.59. The van der Waals surface area contributed by atoms with Gasteiger partial charge in [0.25, 0.3) is 0 Å². The number of nitrogens with zero attached hydrogens (tertiary/aromatic N) is 3. The number of ether oxygens (including phenoxy) is 1. The molecule has 4 rings (SSSR count). The first-order chi connectivity index (χ1) is 9.40. The molecule has 1 aromatic heterocycles. The molecule has 0 bridgehead atoms. The van der Waals surface area contributed by atoms with Crippen molar-refractivity contribution in [2.75, 3.05) is 19.7 Å².